The first kappa shape index (κ1) is 17.1. The van der Waals surface area contributed by atoms with Crippen LogP contribution in [0.25, 0.3) is 0 Å². The number of carbonyl (C=O) groups is 1. The van der Waals surface area contributed by atoms with E-state index in [9.17, 15) is 4.79 Å². The number of carbonyl (C=O) groups excluding carboxylic acids is 1. The van der Waals surface area contributed by atoms with E-state index in [1.807, 2.05) is 41.3 Å². The zero-order valence-corrected chi connectivity index (χ0v) is 15.3. The SMILES string of the molecule is Cc1ccccc1COc1ccccc1C(=O)N1CCC2CCC(C1)N2. The number of aryl methyl sites for hydroxylation is 1. The second kappa shape index (κ2) is 7.50. The first-order chi connectivity index (χ1) is 12.7. The van der Waals surface area contributed by atoms with Crippen LogP contribution in [0.2, 0.25) is 0 Å². The van der Waals surface area contributed by atoms with Gasteiger partial charge in [-0.3, -0.25) is 4.79 Å². The van der Waals surface area contributed by atoms with Crippen molar-refractivity contribution < 1.29 is 9.53 Å². The Kier molecular flexibility index (Phi) is 4.93. The number of para-hydroxylation sites is 1. The second-order valence-electron chi connectivity index (χ2n) is 7.39. The molecule has 136 valence electrons. The van der Waals surface area contributed by atoms with Gasteiger partial charge in [0.15, 0.2) is 0 Å². The van der Waals surface area contributed by atoms with Crippen LogP contribution in [0.1, 0.15) is 40.7 Å². The van der Waals surface area contributed by atoms with Gasteiger partial charge in [-0.15, -0.1) is 0 Å². The molecule has 4 heteroatoms. The van der Waals surface area contributed by atoms with Gasteiger partial charge in [0.2, 0.25) is 0 Å². The molecular weight excluding hydrogens is 324 g/mol. The zero-order chi connectivity index (χ0) is 17.9. The third-order valence-corrected chi connectivity index (χ3v) is 5.57. The number of fused-ring (bicyclic) bond motifs is 2. The minimum atomic E-state index is 0.0831. The molecule has 2 atom stereocenters. The van der Waals surface area contributed by atoms with Crippen molar-refractivity contribution in [1.29, 1.82) is 0 Å². The van der Waals surface area contributed by atoms with Crippen LogP contribution >= 0.6 is 0 Å². The fourth-order valence-corrected chi connectivity index (χ4v) is 3.99. The molecule has 0 spiro atoms. The molecule has 4 rings (SSSR count). The zero-order valence-electron chi connectivity index (χ0n) is 15.3. The molecule has 0 radical (unpaired) electrons. The summed E-state index contributed by atoms with van der Waals surface area (Å²) in [5.41, 5.74) is 3.01. The molecule has 2 heterocycles. The number of nitrogens with zero attached hydrogens (tertiary/aromatic N) is 1. The molecule has 2 fully saturated rings. The van der Waals surface area contributed by atoms with Gasteiger partial charge in [0.1, 0.15) is 12.4 Å². The summed E-state index contributed by atoms with van der Waals surface area (Å²) in [4.78, 5) is 15.1. The summed E-state index contributed by atoms with van der Waals surface area (Å²) < 4.78 is 6.05. The average molecular weight is 350 g/mol. The molecule has 2 aliphatic heterocycles. The molecular formula is C22H26N2O2. The van der Waals surface area contributed by atoms with Crippen molar-refractivity contribution in [2.24, 2.45) is 0 Å². The number of nitrogens with one attached hydrogen (secondary N) is 1. The summed E-state index contributed by atoms with van der Waals surface area (Å²) in [6.07, 6.45) is 3.44. The van der Waals surface area contributed by atoms with Crippen LogP contribution in [0.4, 0.5) is 0 Å². The third kappa shape index (κ3) is 3.61. The highest BCUT2D eigenvalue weighted by Gasteiger charge is 2.32. The molecule has 0 saturated carbocycles. The Hall–Kier alpha value is -2.33. The predicted octanol–water partition coefficient (Wildman–Crippen LogP) is 3.54. The van der Waals surface area contributed by atoms with E-state index in [-0.39, 0.29) is 5.91 Å². The van der Waals surface area contributed by atoms with Crippen molar-refractivity contribution in [2.75, 3.05) is 13.1 Å². The first-order valence-corrected chi connectivity index (χ1v) is 9.52. The van der Waals surface area contributed by atoms with Crippen LogP contribution in [0.3, 0.4) is 0 Å². The Labute approximate surface area is 155 Å². The van der Waals surface area contributed by atoms with Gasteiger partial charge in [-0.1, -0.05) is 36.4 Å². The lowest BCUT2D eigenvalue weighted by Gasteiger charge is -2.25. The van der Waals surface area contributed by atoms with E-state index in [2.05, 4.69) is 24.4 Å². The summed E-state index contributed by atoms with van der Waals surface area (Å²) in [6, 6.07) is 16.8. The average Bonchev–Trinajstić information content (AvgIpc) is 2.99. The Morgan fingerprint density at radius 2 is 1.85 bits per heavy atom. The minimum absolute atomic E-state index is 0.0831. The second-order valence-corrected chi connectivity index (χ2v) is 7.39. The van der Waals surface area contributed by atoms with Crippen LogP contribution < -0.4 is 10.1 Å². The van der Waals surface area contributed by atoms with E-state index < -0.39 is 0 Å². The molecule has 0 aromatic heterocycles. The highest BCUT2D eigenvalue weighted by atomic mass is 16.5. The number of rotatable bonds is 4. The Morgan fingerprint density at radius 3 is 2.73 bits per heavy atom. The number of benzene rings is 2. The summed E-state index contributed by atoms with van der Waals surface area (Å²) in [5, 5.41) is 3.63. The molecule has 2 aromatic carbocycles. The highest BCUT2D eigenvalue weighted by Crippen LogP contribution is 2.25. The van der Waals surface area contributed by atoms with E-state index >= 15 is 0 Å². The van der Waals surface area contributed by atoms with Crippen molar-refractivity contribution in [3.05, 3.63) is 65.2 Å². The van der Waals surface area contributed by atoms with E-state index in [1.54, 1.807) is 0 Å². The van der Waals surface area contributed by atoms with Crippen LogP contribution in [-0.4, -0.2) is 36.0 Å². The van der Waals surface area contributed by atoms with E-state index in [4.69, 9.17) is 4.74 Å². The smallest absolute Gasteiger partial charge is 0.257 e. The molecule has 2 unspecified atom stereocenters. The van der Waals surface area contributed by atoms with Crippen molar-refractivity contribution >= 4 is 5.91 Å². The van der Waals surface area contributed by atoms with Gasteiger partial charge in [0.05, 0.1) is 5.56 Å². The Balaban J connectivity index is 1.50. The summed E-state index contributed by atoms with van der Waals surface area (Å²) in [7, 11) is 0. The van der Waals surface area contributed by atoms with Gasteiger partial charge < -0.3 is 15.0 Å². The van der Waals surface area contributed by atoms with Crippen molar-refractivity contribution in [3.63, 3.8) is 0 Å². The van der Waals surface area contributed by atoms with Gasteiger partial charge >= 0.3 is 0 Å². The fourth-order valence-electron chi connectivity index (χ4n) is 3.99. The molecule has 2 bridgehead atoms. The molecule has 26 heavy (non-hydrogen) atoms. The van der Waals surface area contributed by atoms with Gasteiger partial charge in [-0.2, -0.15) is 0 Å². The Morgan fingerprint density at radius 1 is 1.08 bits per heavy atom. The highest BCUT2D eigenvalue weighted by molar-refractivity contribution is 5.97. The van der Waals surface area contributed by atoms with Crippen molar-refractivity contribution in [2.45, 2.75) is 44.9 Å². The molecule has 2 aromatic rings. The van der Waals surface area contributed by atoms with E-state index in [0.29, 0.717) is 30.0 Å². The molecule has 2 aliphatic rings. The van der Waals surface area contributed by atoms with Crippen LogP contribution in [0, 0.1) is 6.92 Å². The van der Waals surface area contributed by atoms with Gasteiger partial charge in [0.25, 0.3) is 5.91 Å². The minimum Gasteiger partial charge on any atom is -0.488 e. The molecule has 0 aliphatic carbocycles. The Bertz CT molecular complexity index is 789. The largest absolute Gasteiger partial charge is 0.488 e. The van der Waals surface area contributed by atoms with Gasteiger partial charge in [-0.05, 0) is 49.4 Å². The number of hydrogen-bond donors (Lipinski definition) is 1. The van der Waals surface area contributed by atoms with Crippen LogP contribution in [-0.2, 0) is 6.61 Å². The maximum Gasteiger partial charge on any atom is 0.257 e. The van der Waals surface area contributed by atoms with Gasteiger partial charge in [0, 0.05) is 25.2 Å². The van der Waals surface area contributed by atoms with Crippen LogP contribution in [0.5, 0.6) is 5.75 Å². The predicted molar refractivity (Wildman–Crippen MR) is 102 cm³/mol. The summed E-state index contributed by atoms with van der Waals surface area (Å²) in [5.74, 6) is 0.753. The molecule has 1 amide bonds. The number of amides is 1. The molecule has 2 saturated heterocycles. The molecule has 4 nitrogen and oxygen atoms in total. The van der Waals surface area contributed by atoms with E-state index in [0.717, 1.165) is 25.1 Å². The number of hydrogen-bond acceptors (Lipinski definition) is 3. The number of ether oxygens (including phenoxy) is 1. The quantitative estimate of drug-likeness (QED) is 0.917. The van der Waals surface area contributed by atoms with Crippen molar-refractivity contribution in [1.82, 2.24) is 10.2 Å². The lowest BCUT2D eigenvalue weighted by Crippen LogP contribution is -2.39. The van der Waals surface area contributed by atoms with Crippen molar-refractivity contribution in [3.8, 4) is 5.75 Å². The topological polar surface area (TPSA) is 41.6 Å². The first-order valence-electron chi connectivity index (χ1n) is 9.52. The molecule has 1 N–H and O–H groups in total. The monoisotopic (exact) mass is 350 g/mol. The lowest BCUT2D eigenvalue weighted by molar-refractivity contribution is 0.0743. The summed E-state index contributed by atoms with van der Waals surface area (Å²) in [6.45, 7) is 4.17. The third-order valence-electron chi connectivity index (χ3n) is 5.57. The van der Waals surface area contributed by atoms with E-state index in [1.165, 1.54) is 18.4 Å². The summed E-state index contributed by atoms with van der Waals surface area (Å²) >= 11 is 0. The van der Waals surface area contributed by atoms with Gasteiger partial charge in [-0.25, -0.2) is 0 Å². The number of likely N-dealkylation sites (tertiary alicyclic amines) is 1. The maximum atomic E-state index is 13.1. The lowest BCUT2D eigenvalue weighted by atomic mass is 10.1. The maximum absolute atomic E-state index is 13.1. The fraction of sp³-hybridized carbons (Fsp3) is 0.409. The standard InChI is InChI=1S/C22H26N2O2/c1-16-6-2-3-7-17(16)15-26-21-9-5-4-8-20(21)22(25)24-13-12-18-10-11-19(14-24)23-18/h2-9,18-19,23H,10-15H2,1H3. The normalized spacial score (nSPS) is 22.1. The van der Waals surface area contributed by atoms with Crippen LogP contribution in [0.15, 0.2) is 48.5 Å².